The zero-order valence-corrected chi connectivity index (χ0v) is 30.4. The van der Waals surface area contributed by atoms with Gasteiger partial charge in [-0.3, -0.25) is 0 Å². The van der Waals surface area contributed by atoms with Crippen molar-refractivity contribution in [3.05, 3.63) is 106 Å². The Kier molecular flexibility index (Phi) is 6.24. The Hall–Kier alpha value is -3.12. The number of allylic oxidation sites excluding steroid dienone is 2. The van der Waals surface area contributed by atoms with E-state index in [4.69, 9.17) is 0 Å². The Morgan fingerprint density at radius 1 is 0.543 bits per heavy atom. The van der Waals surface area contributed by atoms with Gasteiger partial charge in [0.25, 0.3) is 0 Å². The third-order valence-electron chi connectivity index (χ3n) is 13.4. The zero-order valence-electron chi connectivity index (χ0n) is 30.4. The van der Waals surface area contributed by atoms with Crippen molar-refractivity contribution in [2.24, 2.45) is 35.5 Å². The minimum absolute atomic E-state index is 0.0153. The first kappa shape index (κ1) is 30.2. The molecule has 0 radical (unpaired) electrons. The van der Waals surface area contributed by atoms with Crippen LogP contribution in [0.5, 0.6) is 0 Å². The van der Waals surface area contributed by atoms with Gasteiger partial charge in [-0.25, -0.2) is 0 Å². The van der Waals surface area contributed by atoms with Crippen LogP contribution in [0, 0.1) is 35.5 Å². The molecule has 0 nitrogen and oxygen atoms in total. The normalized spacial score (nSPS) is 26.3. The standard InChI is InChI=1S/C46H54/c1-24(2)28-17-19-30-29(23-28)18-20-32-37-35(46(40(30)32)38(26(5)6)36(25(3)4)39(46)27(7)8)22-21-33-41(37)45(11,12)42-31-15-13-14-16-34(31)44(9,10)43(33)42/h13-27,36,38-39H,1-12H3. The largest absolute Gasteiger partial charge is 0.0625 e. The summed E-state index contributed by atoms with van der Waals surface area (Å²) in [4.78, 5) is 0. The second kappa shape index (κ2) is 9.49. The number of hydrogen-bond donors (Lipinski definition) is 0. The van der Waals surface area contributed by atoms with Gasteiger partial charge in [0.05, 0.1) is 0 Å². The van der Waals surface area contributed by atoms with Gasteiger partial charge in [-0.15, -0.1) is 0 Å². The molecule has 4 aliphatic carbocycles. The molecule has 0 amide bonds. The van der Waals surface area contributed by atoms with Crippen molar-refractivity contribution in [1.82, 2.24) is 0 Å². The van der Waals surface area contributed by atoms with Gasteiger partial charge in [0.2, 0.25) is 0 Å². The first-order chi connectivity index (χ1) is 21.7. The summed E-state index contributed by atoms with van der Waals surface area (Å²) in [5.41, 5.74) is 16.9. The number of fused-ring (bicyclic) bond motifs is 12. The van der Waals surface area contributed by atoms with E-state index in [0.29, 0.717) is 41.4 Å². The summed E-state index contributed by atoms with van der Waals surface area (Å²) < 4.78 is 0. The van der Waals surface area contributed by atoms with Crippen LogP contribution in [0.25, 0.3) is 33.0 Å². The van der Waals surface area contributed by atoms with Crippen LogP contribution in [0.3, 0.4) is 0 Å². The predicted molar refractivity (Wildman–Crippen MR) is 199 cm³/mol. The molecule has 0 saturated heterocycles. The minimum Gasteiger partial charge on any atom is -0.0625 e. The minimum atomic E-state index is -0.0823. The van der Waals surface area contributed by atoms with Gasteiger partial charge in [-0.1, -0.05) is 150 Å². The van der Waals surface area contributed by atoms with Crippen LogP contribution in [0.1, 0.15) is 128 Å². The Balaban J connectivity index is 1.50. The van der Waals surface area contributed by atoms with Crippen LogP contribution in [0.15, 0.2) is 66.7 Å². The molecule has 2 unspecified atom stereocenters. The third kappa shape index (κ3) is 3.37. The maximum absolute atomic E-state index is 2.63. The molecular weight excluding hydrogens is 553 g/mol. The Bertz CT molecular complexity index is 1950. The van der Waals surface area contributed by atoms with Crippen LogP contribution in [-0.2, 0) is 16.2 Å². The molecule has 0 aliphatic heterocycles. The van der Waals surface area contributed by atoms with Crippen LogP contribution < -0.4 is 0 Å². The smallest absolute Gasteiger partial charge is 0.0288 e. The van der Waals surface area contributed by atoms with Gasteiger partial charge in [0, 0.05) is 16.2 Å². The van der Waals surface area contributed by atoms with E-state index in [1.54, 1.807) is 33.4 Å². The highest BCUT2D eigenvalue weighted by molar-refractivity contribution is 6.12. The van der Waals surface area contributed by atoms with E-state index in [9.17, 15) is 0 Å². The fourth-order valence-electron chi connectivity index (χ4n) is 12.1. The van der Waals surface area contributed by atoms with E-state index in [1.807, 2.05) is 0 Å². The van der Waals surface area contributed by atoms with Gasteiger partial charge in [0.15, 0.2) is 0 Å². The van der Waals surface area contributed by atoms with Crippen molar-refractivity contribution in [3.63, 3.8) is 0 Å². The molecule has 2 atom stereocenters. The molecule has 46 heavy (non-hydrogen) atoms. The zero-order chi connectivity index (χ0) is 32.8. The SMILES string of the molecule is CC(C)c1ccc2c3c(ccc2c1)-c1c(ccc2c1C(C)(C)C1=C2C(C)(C)c2ccccc21)C31C(C(C)C)C(C(C)C)C1C(C)C. The van der Waals surface area contributed by atoms with Gasteiger partial charge >= 0.3 is 0 Å². The maximum Gasteiger partial charge on any atom is 0.0288 e. The second-order valence-electron chi connectivity index (χ2n) is 17.8. The molecule has 0 heteroatoms. The summed E-state index contributed by atoms with van der Waals surface area (Å²) in [5, 5.41) is 2.91. The lowest BCUT2D eigenvalue weighted by Gasteiger charge is -2.66. The molecule has 4 aromatic rings. The van der Waals surface area contributed by atoms with Crippen molar-refractivity contribution in [2.45, 2.75) is 105 Å². The molecular formula is C46H54. The van der Waals surface area contributed by atoms with E-state index in [-0.39, 0.29) is 16.2 Å². The fraction of sp³-hybridized carbons (Fsp3) is 0.478. The van der Waals surface area contributed by atoms with Gasteiger partial charge < -0.3 is 0 Å². The molecule has 238 valence electrons. The molecule has 0 bridgehead atoms. The van der Waals surface area contributed by atoms with Crippen LogP contribution in [0.4, 0.5) is 0 Å². The molecule has 1 saturated carbocycles. The summed E-state index contributed by atoms with van der Waals surface area (Å²) in [6, 6.07) is 26.9. The molecule has 1 fully saturated rings. The Morgan fingerprint density at radius 3 is 1.80 bits per heavy atom. The summed E-state index contributed by atoms with van der Waals surface area (Å²) in [6.07, 6.45) is 0. The first-order valence-corrected chi connectivity index (χ1v) is 18.3. The lowest BCUT2D eigenvalue weighted by molar-refractivity contribution is -0.105. The van der Waals surface area contributed by atoms with E-state index < -0.39 is 0 Å². The third-order valence-corrected chi connectivity index (χ3v) is 13.4. The van der Waals surface area contributed by atoms with E-state index in [0.717, 1.165) is 0 Å². The number of benzene rings is 4. The van der Waals surface area contributed by atoms with Crippen LogP contribution in [-0.4, -0.2) is 0 Å². The highest BCUT2D eigenvalue weighted by Crippen LogP contribution is 2.75. The van der Waals surface area contributed by atoms with E-state index in [1.165, 1.54) is 38.6 Å². The molecule has 4 aliphatic rings. The monoisotopic (exact) mass is 606 g/mol. The highest BCUT2D eigenvalue weighted by Gasteiger charge is 2.69. The van der Waals surface area contributed by atoms with Crippen molar-refractivity contribution in [1.29, 1.82) is 0 Å². The van der Waals surface area contributed by atoms with Gasteiger partial charge in [0.1, 0.15) is 0 Å². The second-order valence-corrected chi connectivity index (χ2v) is 17.8. The average Bonchev–Trinajstić information content (AvgIpc) is 3.52. The van der Waals surface area contributed by atoms with Gasteiger partial charge in [-0.2, -0.15) is 0 Å². The van der Waals surface area contributed by atoms with Crippen molar-refractivity contribution in [3.8, 4) is 11.1 Å². The fourth-order valence-corrected chi connectivity index (χ4v) is 12.1. The summed E-state index contributed by atoms with van der Waals surface area (Å²) in [7, 11) is 0. The summed E-state index contributed by atoms with van der Waals surface area (Å²) in [6.45, 7) is 29.7. The predicted octanol–water partition coefficient (Wildman–Crippen LogP) is 12.6. The Labute approximate surface area is 278 Å². The molecule has 0 N–H and O–H groups in total. The molecule has 0 heterocycles. The number of hydrogen-bond acceptors (Lipinski definition) is 0. The van der Waals surface area contributed by atoms with Gasteiger partial charge in [-0.05, 0) is 113 Å². The lowest BCUT2D eigenvalue weighted by atomic mass is 9.37. The van der Waals surface area contributed by atoms with Crippen molar-refractivity contribution in [2.75, 3.05) is 0 Å². The summed E-state index contributed by atoms with van der Waals surface area (Å²) in [5.74, 6) is 4.30. The van der Waals surface area contributed by atoms with Crippen LogP contribution in [0.2, 0.25) is 0 Å². The van der Waals surface area contributed by atoms with Crippen molar-refractivity contribution >= 4 is 21.9 Å². The quantitative estimate of drug-likeness (QED) is 0.217. The van der Waals surface area contributed by atoms with E-state index >= 15 is 0 Å². The first-order valence-electron chi connectivity index (χ1n) is 18.3. The van der Waals surface area contributed by atoms with Crippen LogP contribution >= 0.6 is 0 Å². The summed E-state index contributed by atoms with van der Waals surface area (Å²) >= 11 is 0. The van der Waals surface area contributed by atoms with E-state index in [2.05, 4.69) is 150 Å². The number of rotatable bonds is 4. The highest BCUT2D eigenvalue weighted by atomic mass is 14.7. The molecule has 1 spiro atoms. The molecule has 0 aromatic heterocycles. The Morgan fingerprint density at radius 2 is 1.17 bits per heavy atom. The lowest BCUT2D eigenvalue weighted by Crippen LogP contribution is -2.64. The van der Waals surface area contributed by atoms with Crippen molar-refractivity contribution < 1.29 is 0 Å². The average molecular weight is 607 g/mol. The maximum atomic E-state index is 2.63. The molecule has 8 rings (SSSR count). The molecule has 4 aromatic carbocycles. The topological polar surface area (TPSA) is 0 Å².